The van der Waals surface area contributed by atoms with Crippen molar-refractivity contribution in [1.29, 1.82) is 0 Å². The molecular formula is C16H23ClN2O. The molecule has 1 aromatic rings. The van der Waals surface area contributed by atoms with Gasteiger partial charge in [-0.25, -0.2) is 0 Å². The molecule has 0 aliphatic heterocycles. The summed E-state index contributed by atoms with van der Waals surface area (Å²) in [4.78, 5) is 12.0. The molecule has 0 spiro atoms. The fraction of sp³-hybridized carbons (Fsp3) is 0.562. The summed E-state index contributed by atoms with van der Waals surface area (Å²) in [6.07, 6.45) is 5.58. The molecule has 2 rings (SSSR count). The molecule has 1 amide bonds. The highest BCUT2D eigenvalue weighted by Gasteiger charge is 2.14. The number of aryl methyl sites for hydroxylation is 2. The Morgan fingerprint density at radius 3 is 2.65 bits per heavy atom. The molecule has 0 heterocycles. The molecule has 2 N–H and O–H groups in total. The van der Waals surface area contributed by atoms with E-state index in [1.54, 1.807) is 0 Å². The number of benzene rings is 1. The number of carbonyl (C=O) groups is 1. The van der Waals surface area contributed by atoms with Crippen LogP contribution in [-0.2, 0) is 4.79 Å². The van der Waals surface area contributed by atoms with Gasteiger partial charge in [-0.05, 0) is 43.9 Å². The first-order valence-corrected chi connectivity index (χ1v) is 7.74. The lowest BCUT2D eigenvalue weighted by molar-refractivity contribution is -0.116. The molecule has 1 aliphatic carbocycles. The molecule has 110 valence electrons. The summed E-state index contributed by atoms with van der Waals surface area (Å²) in [6, 6.07) is 4.51. The molecule has 1 aliphatic rings. The predicted molar refractivity (Wildman–Crippen MR) is 84.4 cm³/mol. The minimum Gasteiger partial charge on any atom is -0.325 e. The van der Waals surface area contributed by atoms with Crippen molar-refractivity contribution in [3.63, 3.8) is 0 Å². The van der Waals surface area contributed by atoms with Gasteiger partial charge in [0.2, 0.25) is 5.91 Å². The standard InChI is InChI=1S/C16H23ClN2O/c1-11-9-12(2)16(14(17)10-11)19-15(20)7-8-18-13-5-3-4-6-13/h9-10,13,18H,3-8H2,1-2H3,(H,19,20). The van der Waals surface area contributed by atoms with Gasteiger partial charge in [0.1, 0.15) is 0 Å². The zero-order valence-electron chi connectivity index (χ0n) is 12.3. The molecule has 20 heavy (non-hydrogen) atoms. The van der Waals surface area contributed by atoms with Crippen LogP contribution in [-0.4, -0.2) is 18.5 Å². The highest BCUT2D eigenvalue weighted by atomic mass is 35.5. The summed E-state index contributed by atoms with van der Waals surface area (Å²) in [7, 11) is 0. The Hall–Kier alpha value is -1.06. The Morgan fingerprint density at radius 2 is 2.00 bits per heavy atom. The van der Waals surface area contributed by atoms with E-state index in [2.05, 4.69) is 10.6 Å². The van der Waals surface area contributed by atoms with Gasteiger partial charge in [0, 0.05) is 19.0 Å². The summed E-state index contributed by atoms with van der Waals surface area (Å²) in [6.45, 7) is 4.69. The molecule has 1 saturated carbocycles. The van der Waals surface area contributed by atoms with Gasteiger partial charge in [-0.3, -0.25) is 4.79 Å². The maximum Gasteiger partial charge on any atom is 0.225 e. The molecule has 0 unspecified atom stereocenters. The molecule has 0 atom stereocenters. The molecule has 1 fully saturated rings. The summed E-state index contributed by atoms with van der Waals surface area (Å²) in [5.41, 5.74) is 2.85. The quantitative estimate of drug-likeness (QED) is 0.867. The van der Waals surface area contributed by atoms with Crippen molar-refractivity contribution in [3.05, 3.63) is 28.3 Å². The third kappa shape index (κ3) is 4.22. The first kappa shape index (κ1) is 15.3. The van der Waals surface area contributed by atoms with Crippen molar-refractivity contribution < 1.29 is 4.79 Å². The Bertz CT molecular complexity index is 458. The summed E-state index contributed by atoms with van der Waals surface area (Å²) in [5.74, 6) is 0.0179. The van der Waals surface area contributed by atoms with Gasteiger partial charge in [-0.1, -0.05) is 30.5 Å². The average molecular weight is 295 g/mol. The molecule has 0 radical (unpaired) electrons. The van der Waals surface area contributed by atoms with Crippen molar-refractivity contribution in [1.82, 2.24) is 5.32 Å². The molecule has 1 aromatic carbocycles. The number of hydrogen-bond donors (Lipinski definition) is 2. The third-order valence-corrected chi connectivity index (χ3v) is 4.13. The van der Waals surface area contributed by atoms with Gasteiger partial charge in [0.15, 0.2) is 0 Å². The monoisotopic (exact) mass is 294 g/mol. The van der Waals surface area contributed by atoms with Crippen LogP contribution in [0.4, 0.5) is 5.69 Å². The predicted octanol–water partition coefficient (Wildman–Crippen LogP) is 3.82. The van der Waals surface area contributed by atoms with Crippen LogP contribution in [0.5, 0.6) is 0 Å². The molecule has 4 heteroatoms. The van der Waals surface area contributed by atoms with Gasteiger partial charge in [-0.2, -0.15) is 0 Å². The summed E-state index contributed by atoms with van der Waals surface area (Å²) >= 11 is 6.19. The zero-order valence-corrected chi connectivity index (χ0v) is 13.0. The minimum atomic E-state index is 0.0179. The number of halogens is 1. The fourth-order valence-electron chi connectivity index (χ4n) is 2.80. The van der Waals surface area contributed by atoms with E-state index in [1.165, 1.54) is 25.7 Å². The van der Waals surface area contributed by atoms with E-state index in [4.69, 9.17) is 11.6 Å². The maximum absolute atomic E-state index is 12.0. The molecule has 0 aromatic heterocycles. The van der Waals surface area contributed by atoms with E-state index in [9.17, 15) is 4.79 Å². The van der Waals surface area contributed by atoms with Crippen LogP contribution in [0.15, 0.2) is 12.1 Å². The second-order valence-electron chi connectivity index (χ2n) is 5.67. The van der Waals surface area contributed by atoms with E-state index in [0.717, 1.165) is 23.4 Å². The van der Waals surface area contributed by atoms with E-state index >= 15 is 0 Å². The second-order valence-corrected chi connectivity index (χ2v) is 6.08. The minimum absolute atomic E-state index is 0.0179. The number of nitrogens with one attached hydrogen (secondary N) is 2. The average Bonchev–Trinajstić information content (AvgIpc) is 2.87. The third-order valence-electron chi connectivity index (χ3n) is 3.84. The van der Waals surface area contributed by atoms with Crippen molar-refractivity contribution in [3.8, 4) is 0 Å². The van der Waals surface area contributed by atoms with E-state index in [-0.39, 0.29) is 5.91 Å². The molecule has 0 bridgehead atoms. The van der Waals surface area contributed by atoms with E-state index in [0.29, 0.717) is 17.5 Å². The van der Waals surface area contributed by atoms with Crippen molar-refractivity contribution in [2.45, 2.75) is 52.0 Å². The van der Waals surface area contributed by atoms with Gasteiger partial charge >= 0.3 is 0 Å². The maximum atomic E-state index is 12.0. The topological polar surface area (TPSA) is 41.1 Å². The van der Waals surface area contributed by atoms with Crippen molar-refractivity contribution >= 4 is 23.2 Å². The number of amides is 1. The highest BCUT2D eigenvalue weighted by molar-refractivity contribution is 6.34. The van der Waals surface area contributed by atoms with Gasteiger partial charge in [-0.15, -0.1) is 0 Å². The van der Waals surface area contributed by atoms with E-state index in [1.807, 2.05) is 26.0 Å². The van der Waals surface area contributed by atoms with Crippen LogP contribution in [0, 0.1) is 13.8 Å². The number of carbonyl (C=O) groups excluding carboxylic acids is 1. The number of rotatable bonds is 5. The lowest BCUT2D eigenvalue weighted by Gasteiger charge is -2.13. The zero-order chi connectivity index (χ0) is 14.5. The van der Waals surface area contributed by atoms with Crippen molar-refractivity contribution in [2.75, 3.05) is 11.9 Å². The molecule has 0 saturated heterocycles. The van der Waals surface area contributed by atoms with Crippen LogP contribution in [0.2, 0.25) is 5.02 Å². The number of anilines is 1. The summed E-state index contributed by atoms with van der Waals surface area (Å²) in [5, 5.41) is 6.97. The Labute approximate surface area is 126 Å². The van der Waals surface area contributed by atoms with E-state index < -0.39 is 0 Å². The lowest BCUT2D eigenvalue weighted by atomic mass is 10.1. The second kappa shape index (κ2) is 7.09. The Balaban J connectivity index is 1.82. The highest BCUT2D eigenvalue weighted by Crippen LogP contribution is 2.27. The first-order valence-electron chi connectivity index (χ1n) is 7.36. The Morgan fingerprint density at radius 1 is 1.30 bits per heavy atom. The molecular weight excluding hydrogens is 272 g/mol. The van der Waals surface area contributed by atoms with Crippen LogP contribution < -0.4 is 10.6 Å². The van der Waals surface area contributed by atoms with Crippen LogP contribution in [0.1, 0.15) is 43.2 Å². The van der Waals surface area contributed by atoms with Crippen LogP contribution in [0.25, 0.3) is 0 Å². The normalized spacial score (nSPS) is 15.6. The first-order chi connectivity index (χ1) is 9.56. The molecule has 3 nitrogen and oxygen atoms in total. The smallest absolute Gasteiger partial charge is 0.225 e. The summed E-state index contributed by atoms with van der Waals surface area (Å²) < 4.78 is 0. The lowest BCUT2D eigenvalue weighted by Crippen LogP contribution is -2.29. The van der Waals surface area contributed by atoms with Crippen LogP contribution in [0.3, 0.4) is 0 Å². The SMILES string of the molecule is Cc1cc(C)c(NC(=O)CCNC2CCCC2)c(Cl)c1. The number of hydrogen-bond acceptors (Lipinski definition) is 2. The fourth-order valence-corrected chi connectivity index (χ4v) is 3.16. The largest absolute Gasteiger partial charge is 0.325 e. The van der Waals surface area contributed by atoms with Crippen molar-refractivity contribution in [2.24, 2.45) is 0 Å². The van der Waals surface area contributed by atoms with Gasteiger partial charge in [0.05, 0.1) is 10.7 Å². The van der Waals surface area contributed by atoms with Crippen LogP contribution >= 0.6 is 11.6 Å². The Kier molecular flexibility index (Phi) is 5.44. The van der Waals surface area contributed by atoms with Gasteiger partial charge in [0.25, 0.3) is 0 Å². The van der Waals surface area contributed by atoms with Gasteiger partial charge < -0.3 is 10.6 Å².